The second-order valence-electron chi connectivity index (χ2n) is 16.1. The van der Waals surface area contributed by atoms with Crippen LogP contribution in [-0.2, 0) is 22.4 Å². The molecule has 0 bridgehead atoms. The van der Waals surface area contributed by atoms with Crippen molar-refractivity contribution in [2.75, 3.05) is 13.1 Å². The normalized spacial score (nSPS) is 14.9. The zero-order chi connectivity index (χ0) is 39.2. The highest BCUT2D eigenvalue weighted by molar-refractivity contribution is 7.17. The summed E-state index contributed by atoms with van der Waals surface area (Å²) in [6.45, 7) is 16.8. The van der Waals surface area contributed by atoms with Gasteiger partial charge in [0.1, 0.15) is 23.3 Å². The van der Waals surface area contributed by atoms with Gasteiger partial charge in [-0.1, -0.05) is 55.4 Å². The SMILES string of the molecule is CC(C)CCc1cc(F)c(-c2ccc(C3=C4C(=O)N(CC(C)C)C(c5ccc(-c6c(F)cc(CCC(C)C)cc6F)s5)=C4C(=O)N3CC(C)C)s2)c(F)c1. The third-order valence-corrected chi connectivity index (χ3v) is 11.9. The van der Waals surface area contributed by atoms with Gasteiger partial charge in [0.25, 0.3) is 11.8 Å². The number of aryl methyl sites for hydroxylation is 2. The van der Waals surface area contributed by atoms with Crippen molar-refractivity contribution >= 4 is 45.9 Å². The summed E-state index contributed by atoms with van der Waals surface area (Å²) < 4.78 is 62.2. The van der Waals surface area contributed by atoms with Crippen LogP contribution in [-0.4, -0.2) is 34.7 Å². The van der Waals surface area contributed by atoms with Crippen molar-refractivity contribution in [1.29, 1.82) is 0 Å². The number of fused-ring (bicyclic) bond motifs is 1. The number of hydrogen-bond acceptors (Lipinski definition) is 4. The Morgan fingerprint density at radius 3 is 1.11 bits per heavy atom. The fraction of sp³-hybridized carbons (Fsp3) is 0.409. The van der Waals surface area contributed by atoms with E-state index in [1.165, 1.54) is 24.3 Å². The molecule has 0 atom stereocenters. The summed E-state index contributed by atoms with van der Waals surface area (Å²) in [7, 11) is 0. The first-order valence-corrected chi connectivity index (χ1v) is 20.5. The van der Waals surface area contributed by atoms with Gasteiger partial charge in [-0.2, -0.15) is 0 Å². The number of carbonyl (C=O) groups is 2. The molecule has 2 aromatic carbocycles. The summed E-state index contributed by atoms with van der Waals surface area (Å²) in [6, 6.07) is 12.3. The number of nitrogens with zero attached hydrogens (tertiary/aromatic N) is 2. The monoisotopic (exact) mass is 776 g/mol. The molecule has 0 N–H and O–H groups in total. The number of carbonyl (C=O) groups excluding carboxylic acids is 2. The quantitative estimate of drug-likeness (QED) is 0.120. The van der Waals surface area contributed by atoms with E-state index in [1.54, 1.807) is 34.1 Å². The smallest absolute Gasteiger partial charge is 0.261 e. The lowest BCUT2D eigenvalue weighted by Crippen LogP contribution is -2.33. The molecule has 286 valence electrons. The van der Waals surface area contributed by atoms with Gasteiger partial charge in [0, 0.05) is 22.8 Å². The Bertz CT molecular complexity index is 1960. The molecule has 4 heterocycles. The van der Waals surface area contributed by atoms with Crippen molar-refractivity contribution in [1.82, 2.24) is 9.80 Å². The number of rotatable bonds is 14. The lowest BCUT2D eigenvalue weighted by molar-refractivity contribution is -0.124. The van der Waals surface area contributed by atoms with E-state index in [1.807, 2.05) is 27.7 Å². The summed E-state index contributed by atoms with van der Waals surface area (Å²) in [5.41, 5.74) is 2.20. The van der Waals surface area contributed by atoms with Crippen molar-refractivity contribution in [2.24, 2.45) is 23.7 Å². The molecule has 0 unspecified atom stereocenters. The Morgan fingerprint density at radius 1 is 0.500 bits per heavy atom. The highest BCUT2D eigenvalue weighted by atomic mass is 32.1. The van der Waals surface area contributed by atoms with Crippen LogP contribution >= 0.6 is 22.7 Å². The van der Waals surface area contributed by atoms with E-state index in [-0.39, 0.29) is 45.9 Å². The molecule has 0 radical (unpaired) electrons. The van der Waals surface area contributed by atoms with Crippen molar-refractivity contribution in [3.05, 3.63) is 104 Å². The summed E-state index contributed by atoms with van der Waals surface area (Å²) in [5.74, 6) is -2.48. The number of benzene rings is 2. The van der Waals surface area contributed by atoms with Crippen LogP contribution in [0, 0.1) is 46.9 Å². The van der Waals surface area contributed by atoms with E-state index in [2.05, 4.69) is 27.7 Å². The second-order valence-corrected chi connectivity index (χ2v) is 18.3. The summed E-state index contributed by atoms with van der Waals surface area (Å²) in [6.07, 6.45) is 2.75. The molecule has 2 aliphatic rings. The maximum Gasteiger partial charge on any atom is 0.261 e. The van der Waals surface area contributed by atoms with Crippen LogP contribution in [0.15, 0.2) is 59.7 Å². The van der Waals surface area contributed by atoms with Crippen molar-refractivity contribution < 1.29 is 27.2 Å². The third kappa shape index (κ3) is 7.87. The van der Waals surface area contributed by atoms with E-state index in [4.69, 9.17) is 0 Å². The molecule has 2 aliphatic heterocycles. The van der Waals surface area contributed by atoms with Crippen LogP contribution in [0.4, 0.5) is 17.6 Å². The van der Waals surface area contributed by atoms with Crippen molar-refractivity contribution in [3.8, 4) is 20.9 Å². The van der Waals surface area contributed by atoms with Crippen molar-refractivity contribution in [3.63, 3.8) is 0 Å². The molecule has 2 aromatic heterocycles. The average Bonchev–Trinajstić information content (AvgIpc) is 3.85. The molecule has 0 spiro atoms. The summed E-state index contributed by atoms with van der Waals surface area (Å²) in [4.78, 5) is 34.1. The molecule has 54 heavy (non-hydrogen) atoms. The van der Waals surface area contributed by atoms with Gasteiger partial charge >= 0.3 is 0 Å². The minimum absolute atomic E-state index is 0.0322. The number of thiophene rings is 2. The topological polar surface area (TPSA) is 40.6 Å². The number of amides is 2. The molecule has 0 fully saturated rings. The first kappa shape index (κ1) is 39.7. The first-order valence-electron chi connectivity index (χ1n) is 18.8. The van der Waals surface area contributed by atoms with Gasteiger partial charge in [-0.05, 0) is 109 Å². The molecule has 2 amide bonds. The van der Waals surface area contributed by atoms with Gasteiger partial charge in [-0.25, -0.2) is 17.6 Å². The maximum absolute atomic E-state index is 15.5. The zero-order valence-electron chi connectivity index (χ0n) is 32.2. The Hall–Kier alpha value is -4.02. The van der Waals surface area contributed by atoms with E-state index in [9.17, 15) is 9.59 Å². The fourth-order valence-corrected chi connectivity index (χ4v) is 9.34. The number of hydrogen-bond donors (Lipinski definition) is 0. The van der Waals surface area contributed by atoms with Gasteiger partial charge in [0.05, 0.1) is 43.4 Å². The maximum atomic E-state index is 15.5. The Labute approximate surface area is 324 Å². The molecular formula is C44H48F4N2O2S2. The average molecular weight is 777 g/mol. The molecule has 4 nitrogen and oxygen atoms in total. The highest BCUT2D eigenvalue weighted by Crippen LogP contribution is 2.50. The third-order valence-electron chi connectivity index (χ3n) is 9.67. The van der Waals surface area contributed by atoms with E-state index in [0.29, 0.717) is 79.8 Å². The van der Waals surface area contributed by atoms with Crippen LogP contribution in [0.1, 0.15) is 89.1 Å². The zero-order valence-corrected chi connectivity index (χ0v) is 33.8. The Kier molecular flexibility index (Phi) is 11.7. The molecule has 0 aliphatic carbocycles. The molecule has 0 saturated carbocycles. The van der Waals surface area contributed by atoms with Crippen LogP contribution in [0.25, 0.3) is 32.3 Å². The molecule has 4 aromatic rings. The van der Waals surface area contributed by atoms with E-state index < -0.39 is 23.3 Å². The van der Waals surface area contributed by atoms with Gasteiger partial charge in [-0.3, -0.25) is 9.59 Å². The van der Waals surface area contributed by atoms with Gasteiger partial charge in [-0.15, -0.1) is 22.7 Å². The van der Waals surface area contributed by atoms with Crippen LogP contribution < -0.4 is 0 Å². The second kappa shape index (κ2) is 16.0. The summed E-state index contributed by atoms with van der Waals surface area (Å²) in [5, 5.41) is 0. The van der Waals surface area contributed by atoms with Crippen LogP contribution in [0.5, 0.6) is 0 Å². The van der Waals surface area contributed by atoms with Gasteiger partial charge in [0.2, 0.25) is 0 Å². The summed E-state index contributed by atoms with van der Waals surface area (Å²) >= 11 is 2.27. The fourth-order valence-electron chi connectivity index (χ4n) is 7.11. The lowest BCUT2D eigenvalue weighted by Gasteiger charge is -2.26. The lowest BCUT2D eigenvalue weighted by atomic mass is 10.0. The first-order chi connectivity index (χ1) is 25.5. The highest BCUT2D eigenvalue weighted by Gasteiger charge is 2.49. The molecule has 0 saturated heterocycles. The van der Waals surface area contributed by atoms with E-state index >= 15 is 17.6 Å². The van der Waals surface area contributed by atoms with Crippen LogP contribution in [0.3, 0.4) is 0 Å². The molecule has 6 rings (SSSR count). The van der Waals surface area contributed by atoms with Gasteiger partial charge in [0.15, 0.2) is 0 Å². The largest absolute Gasteiger partial charge is 0.306 e. The molecular weight excluding hydrogens is 729 g/mol. The standard InChI is InChI=1S/C44H48F4N2O2S2/c1-23(2)9-11-27-17-29(45)37(30(46)18-27)33-13-15-35(53-33)41-39-40(44(52)49(41)21-25(5)6)42(50(43(39)51)22-26(7)8)36-16-14-34(54-36)38-31(47)19-28(20-32(38)48)12-10-24(3)4/h13-20,23-26H,9-12,21-22H2,1-8H3. The molecule has 10 heteroatoms. The van der Waals surface area contributed by atoms with E-state index in [0.717, 1.165) is 35.5 Å². The minimum atomic E-state index is -0.657. The van der Waals surface area contributed by atoms with Crippen LogP contribution in [0.2, 0.25) is 0 Å². The van der Waals surface area contributed by atoms with Gasteiger partial charge < -0.3 is 9.80 Å². The Morgan fingerprint density at radius 2 is 0.815 bits per heavy atom. The number of halogens is 4. The predicted octanol–water partition coefficient (Wildman–Crippen LogP) is 12.0. The minimum Gasteiger partial charge on any atom is -0.306 e. The predicted molar refractivity (Wildman–Crippen MR) is 213 cm³/mol. The Balaban J connectivity index is 1.46. The van der Waals surface area contributed by atoms with Crippen molar-refractivity contribution in [2.45, 2.75) is 81.1 Å².